The van der Waals surface area contributed by atoms with Crippen molar-refractivity contribution in [2.75, 3.05) is 0 Å². The zero-order valence-corrected chi connectivity index (χ0v) is 20.5. The monoisotopic (exact) mass is 498 g/mol. The number of aromatic nitrogens is 2. The van der Waals surface area contributed by atoms with E-state index < -0.39 is 0 Å². The standard InChI is InChI=1S/C27H22Cl3FN2/c1-3-32-14-18(26-20(28)7-5-9-23(26)32)25(17-12-11-16(31)13-22(17)30)19-15-33(4-2)24-10-6-8-21(29)27(19)24/h5-15,25H,3-4H2,1-2H3. The lowest BCUT2D eigenvalue weighted by Gasteiger charge is -2.19. The van der Waals surface area contributed by atoms with Crippen molar-refractivity contribution in [3.8, 4) is 0 Å². The van der Waals surface area contributed by atoms with Gasteiger partial charge in [0.25, 0.3) is 0 Å². The van der Waals surface area contributed by atoms with E-state index in [4.69, 9.17) is 34.8 Å². The van der Waals surface area contributed by atoms with E-state index in [1.807, 2.05) is 24.3 Å². The zero-order valence-electron chi connectivity index (χ0n) is 18.2. The first-order chi connectivity index (χ1) is 15.9. The van der Waals surface area contributed by atoms with Crippen molar-refractivity contribution < 1.29 is 4.39 Å². The first-order valence-electron chi connectivity index (χ1n) is 10.9. The van der Waals surface area contributed by atoms with Gasteiger partial charge in [0.15, 0.2) is 0 Å². The van der Waals surface area contributed by atoms with Gasteiger partial charge in [-0.25, -0.2) is 4.39 Å². The van der Waals surface area contributed by atoms with Crippen LogP contribution in [0.25, 0.3) is 21.8 Å². The van der Waals surface area contributed by atoms with Gasteiger partial charge < -0.3 is 9.13 Å². The van der Waals surface area contributed by atoms with Crippen LogP contribution in [0.2, 0.25) is 15.1 Å². The summed E-state index contributed by atoms with van der Waals surface area (Å²) in [6, 6.07) is 16.4. The van der Waals surface area contributed by atoms with Gasteiger partial charge in [0.05, 0.1) is 10.0 Å². The summed E-state index contributed by atoms with van der Waals surface area (Å²) in [5.41, 5.74) is 4.94. The second kappa shape index (κ2) is 8.72. The SMILES string of the molecule is CCn1cc(C(c2ccc(F)cc2Cl)c2cn(CC)c3cccc(Cl)c23)c2c(Cl)cccc21. The first kappa shape index (κ1) is 22.3. The zero-order chi connectivity index (χ0) is 23.3. The molecule has 2 heterocycles. The highest BCUT2D eigenvalue weighted by atomic mass is 35.5. The largest absolute Gasteiger partial charge is 0.347 e. The minimum atomic E-state index is -0.370. The molecule has 0 aliphatic carbocycles. The molecule has 3 aromatic carbocycles. The van der Waals surface area contributed by atoms with E-state index in [1.54, 1.807) is 6.07 Å². The Bertz CT molecular complexity index is 1410. The molecule has 0 saturated heterocycles. The average molecular weight is 500 g/mol. The lowest BCUT2D eigenvalue weighted by atomic mass is 9.84. The van der Waals surface area contributed by atoms with Crippen LogP contribution in [0.1, 0.15) is 36.5 Å². The first-order valence-corrected chi connectivity index (χ1v) is 12.1. The van der Waals surface area contributed by atoms with Crippen molar-refractivity contribution in [1.82, 2.24) is 9.13 Å². The van der Waals surface area contributed by atoms with Crippen LogP contribution >= 0.6 is 34.8 Å². The lowest BCUT2D eigenvalue weighted by Crippen LogP contribution is -2.05. The molecule has 0 amide bonds. The fourth-order valence-corrected chi connectivity index (χ4v) is 5.71. The predicted octanol–water partition coefficient (Wildman–Crippen LogP) is 8.92. The maximum Gasteiger partial charge on any atom is 0.124 e. The molecule has 0 spiro atoms. The van der Waals surface area contributed by atoms with Crippen LogP contribution in [-0.2, 0) is 13.1 Å². The molecule has 0 saturated carbocycles. The number of rotatable bonds is 5. The summed E-state index contributed by atoms with van der Waals surface area (Å²) in [4.78, 5) is 0. The van der Waals surface area contributed by atoms with Crippen molar-refractivity contribution in [3.05, 3.63) is 105 Å². The van der Waals surface area contributed by atoms with Gasteiger partial charge in [-0.05, 0) is 66.9 Å². The Balaban J connectivity index is 1.92. The summed E-state index contributed by atoms with van der Waals surface area (Å²) >= 11 is 20.2. The third-order valence-electron chi connectivity index (χ3n) is 6.35. The molecule has 0 N–H and O–H groups in total. The minimum absolute atomic E-state index is 0.288. The fourth-order valence-electron chi connectivity index (χ4n) is 4.88. The molecule has 0 radical (unpaired) electrons. The third-order valence-corrected chi connectivity index (χ3v) is 7.30. The smallest absolute Gasteiger partial charge is 0.124 e. The van der Waals surface area contributed by atoms with Gasteiger partial charge in [0.1, 0.15) is 5.82 Å². The van der Waals surface area contributed by atoms with Crippen LogP contribution in [0.3, 0.4) is 0 Å². The van der Waals surface area contributed by atoms with Gasteiger partial charge in [-0.1, -0.05) is 53.0 Å². The molecule has 0 bridgehead atoms. The number of hydrogen-bond acceptors (Lipinski definition) is 0. The molecule has 2 nitrogen and oxygen atoms in total. The van der Waals surface area contributed by atoms with Gasteiger partial charge in [-0.3, -0.25) is 0 Å². The average Bonchev–Trinajstić information content (AvgIpc) is 3.36. The van der Waals surface area contributed by atoms with Crippen LogP contribution in [0.4, 0.5) is 4.39 Å². The lowest BCUT2D eigenvalue weighted by molar-refractivity contribution is 0.627. The van der Waals surface area contributed by atoms with Gasteiger partial charge in [0, 0.05) is 58.2 Å². The summed E-state index contributed by atoms with van der Waals surface area (Å²) in [6.07, 6.45) is 4.26. The second-order valence-electron chi connectivity index (χ2n) is 8.11. The number of nitrogens with zero attached hydrogens (tertiary/aromatic N) is 2. The van der Waals surface area contributed by atoms with Crippen LogP contribution in [0, 0.1) is 5.82 Å². The molecule has 6 heteroatoms. The van der Waals surface area contributed by atoms with Crippen molar-refractivity contribution in [2.24, 2.45) is 0 Å². The second-order valence-corrected chi connectivity index (χ2v) is 9.33. The van der Waals surface area contributed by atoms with Gasteiger partial charge in [-0.15, -0.1) is 0 Å². The molecular weight excluding hydrogens is 478 g/mol. The quantitative estimate of drug-likeness (QED) is 0.228. The maximum atomic E-state index is 14.0. The Hall–Kier alpha value is -2.46. The highest BCUT2D eigenvalue weighted by Gasteiger charge is 2.28. The maximum absolute atomic E-state index is 14.0. The highest BCUT2D eigenvalue weighted by Crippen LogP contribution is 2.46. The Morgan fingerprint density at radius 2 is 1.21 bits per heavy atom. The molecule has 5 aromatic rings. The Morgan fingerprint density at radius 3 is 1.67 bits per heavy atom. The Morgan fingerprint density at radius 1 is 0.697 bits per heavy atom. The summed E-state index contributed by atoms with van der Waals surface area (Å²) in [7, 11) is 0. The van der Waals surface area contributed by atoms with Crippen LogP contribution in [0.15, 0.2) is 67.0 Å². The van der Waals surface area contributed by atoms with Gasteiger partial charge >= 0.3 is 0 Å². The summed E-state index contributed by atoms with van der Waals surface area (Å²) < 4.78 is 18.4. The van der Waals surface area contributed by atoms with E-state index in [0.717, 1.165) is 51.6 Å². The van der Waals surface area contributed by atoms with E-state index >= 15 is 0 Å². The molecule has 0 fully saturated rings. The number of fused-ring (bicyclic) bond motifs is 2. The van der Waals surface area contributed by atoms with E-state index in [2.05, 4.69) is 47.5 Å². The summed E-state index contributed by atoms with van der Waals surface area (Å²) in [6.45, 7) is 5.78. The molecule has 0 aliphatic heterocycles. The number of halogens is 4. The van der Waals surface area contributed by atoms with Crippen molar-refractivity contribution >= 4 is 56.6 Å². The van der Waals surface area contributed by atoms with E-state index in [-0.39, 0.29) is 11.7 Å². The Labute approximate surface area is 207 Å². The van der Waals surface area contributed by atoms with Crippen molar-refractivity contribution in [1.29, 1.82) is 0 Å². The van der Waals surface area contributed by atoms with Crippen LogP contribution < -0.4 is 0 Å². The van der Waals surface area contributed by atoms with E-state index in [1.165, 1.54) is 12.1 Å². The van der Waals surface area contributed by atoms with Crippen LogP contribution in [-0.4, -0.2) is 9.13 Å². The van der Waals surface area contributed by atoms with E-state index in [0.29, 0.717) is 15.1 Å². The van der Waals surface area contributed by atoms with Crippen molar-refractivity contribution in [2.45, 2.75) is 32.9 Å². The molecule has 0 atom stereocenters. The topological polar surface area (TPSA) is 9.86 Å². The third kappa shape index (κ3) is 3.63. The van der Waals surface area contributed by atoms with Gasteiger partial charge in [-0.2, -0.15) is 0 Å². The Kier molecular flexibility index (Phi) is 5.90. The number of hydrogen-bond donors (Lipinski definition) is 0. The minimum Gasteiger partial charge on any atom is -0.347 e. The molecule has 168 valence electrons. The summed E-state index contributed by atoms with van der Waals surface area (Å²) in [5.74, 6) is -0.658. The molecular formula is C27H22Cl3FN2. The normalized spacial score (nSPS) is 11.8. The van der Waals surface area contributed by atoms with E-state index in [9.17, 15) is 4.39 Å². The molecule has 0 unspecified atom stereocenters. The molecule has 33 heavy (non-hydrogen) atoms. The molecule has 0 aliphatic rings. The fraction of sp³-hybridized carbons (Fsp3) is 0.185. The summed E-state index contributed by atoms with van der Waals surface area (Å²) in [5, 5.41) is 3.65. The predicted molar refractivity (Wildman–Crippen MR) is 138 cm³/mol. The molecule has 5 rings (SSSR count). The highest BCUT2D eigenvalue weighted by molar-refractivity contribution is 6.36. The molecule has 2 aromatic heterocycles. The number of benzene rings is 3. The number of aryl methyl sites for hydroxylation is 2. The van der Waals surface area contributed by atoms with Gasteiger partial charge in [0.2, 0.25) is 0 Å². The van der Waals surface area contributed by atoms with Crippen LogP contribution in [0.5, 0.6) is 0 Å². The van der Waals surface area contributed by atoms with Crippen molar-refractivity contribution in [3.63, 3.8) is 0 Å².